The number of carbonyl (C=O) groups is 1. The van der Waals surface area contributed by atoms with E-state index < -0.39 is 0 Å². The van der Waals surface area contributed by atoms with Crippen molar-refractivity contribution in [2.24, 2.45) is 11.7 Å². The summed E-state index contributed by atoms with van der Waals surface area (Å²) in [4.78, 5) is 14.1. The third-order valence-corrected chi connectivity index (χ3v) is 4.19. The van der Waals surface area contributed by atoms with E-state index >= 15 is 0 Å². The minimum absolute atomic E-state index is 0.127. The Morgan fingerprint density at radius 1 is 1.38 bits per heavy atom. The molecule has 0 saturated heterocycles. The number of carbonyl (C=O) groups excluding carboxylic acids is 1. The molecule has 21 heavy (non-hydrogen) atoms. The summed E-state index contributed by atoms with van der Waals surface area (Å²) in [6.45, 7) is 3.40. The number of benzene rings is 1. The van der Waals surface area contributed by atoms with E-state index in [9.17, 15) is 4.79 Å². The average Bonchev–Trinajstić information content (AvgIpc) is 2.91. The van der Waals surface area contributed by atoms with E-state index in [1.165, 1.54) is 0 Å². The first kappa shape index (κ1) is 15.8. The van der Waals surface area contributed by atoms with Crippen LogP contribution in [-0.2, 0) is 4.79 Å². The van der Waals surface area contributed by atoms with E-state index in [0.717, 1.165) is 43.5 Å². The number of rotatable bonds is 6. The number of hydrogen-bond donors (Lipinski definition) is 1. The number of ether oxygens (including phenoxy) is 1. The van der Waals surface area contributed by atoms with E-state index in [-0.39, 0.29) is 17.9 Å². The lowest BCUT2D eigenvalue weighted by atomic mass is 10.1. The number of nitrogens with zero attached hydrogens (tertiary/aromatic N) is 1. The lowest BCUT2D eigenvalue weighted by Crippen LogP contribution is -2.34. The number of nitrogens with two attached hydrogens (primary N) is 1. The monoisotopic (exact) mass is 290 g/mol. The Morgan fingerprint density at radius 3 is 2.81 bits per heavy atom. The van der Waals surface area contributed by atoms with Gasteiger partial charge in [-0.15, -0.1) is 0 Å². The molecule has 2 rings (SSSR count). The summed E-state index contributed by atoms with van der Waals surface area (Å²) in [5, 5.41) is 0. The molecular weight excluding hydrogens is 264 g/mol. The van der Waals surface area contributed by atoms with Crippen molar-refractivity contribution in [1.29, 1.82) is 0 Å². The first-order valence-corrected chi connectivity index (χ1v) is 7.77. The highest BCUT2D eigenvalue weighted by atomic mass is 16.5. The van der Waals surface area contributed by atoms with Gasteiger partial charge in [0.25, 0.3) is 0 Å². The van der Waals surface area contributed by atoms with Gasteiger partial charge in [-0.05, 0) is 44.2 Å². The van der Waals surface area contributed by atoms with Crippen molar-refractivity contribution in [2.45, 2.75) is 38.6 Å². The molecule has 1 fully saturated rings. The highest BCUT2D eigenvalue weighted by molar-refractivity contribution is 5.78. The minimum Gasteiger partial charge on any atom is -0.493 e. The van der Waals surface area contributed by atoms with Crippen LogP contribution in [0.5, 0.6) is 5.75 Å². The van der Waals surface area contributed by atoms with Crippen LogP contribution in [0.2, 0.25) is 0 Å². The Balaban J connectivity index is 1.68. The van der Waals surface area contributed by atoms with E-state index in [2.05, 4.69) is 0 Å². The summed E-state index contributed by atoms with van der Waals surface area (Å²) in [6, 6.07) is 8.19. The number of aryl methyl sites for hydroxylation is 1. The van der Waals surface area contributed by atoms with Crippen LogP contribution in [-0.4, -0.2) is 37.0 Å². The van der Waals surface area contributed by atoms with Gasteiger partial charge >= 0.3 is 0 Å². The van der Waals surface area contributed by atoms with Gasteiger partial charge in [0.05, 0.1) is 6.61 Å². The molecule has 0 heterocycles. The molecule has 2 atom stereocenters. The van der Waals surface area contributed by atoms with Crippen molar-refractivity contribution in [3.8, 4) is 5.75 Å². The Bertz CT molecular complexity index is 476. The Kier molecular flexibility index (Phi) is 5.62. The van der Waals surface area contributed by atoms with Crippen LogP contribution in [0.15, 0.2) is 24.3 Å². The zero-order valence-corrected chi connectivity index (χ0v) is 13.0. The first-order valence-electron chi connectivity index (χ1n) is 7.77. The van der Waals surface area contributed by atoms with E-state index in [0.29, 0.717) is 6.61 Å². The van der Waals surface area contributed by atoms with Crippen LogP contribution in [0, 0.1) is 12.8 Å². The fraction of sp³-hybridized carbons (Fsp3) is 0.588. The molecule has 0 radical (unpaired) electrons. The largest absolute Gasteiger partial charge is 0.493 e. The molecule has 1 amide bonds. The second-order valence-electron chi connectivity index (χ2n) is 6.00. The lowest BCUT2D eigenvalue weighted by Gasteiger charge is -2.21. The maximum Gasteiger partial charge on any atom is 0.225 e. The highest BCUT2D eigenvalue weighted by Gasteiger charge is 2.29. The van der Waals surface area contributed by atoms with Gasteiger partial charge < -0.3 is 15.4 Å². The predicted octanol–water partition coefficient (Wildman–Crippen LogP) is 2.35. The third kappa shape index (κ3) is 4.46. The number of para-hydroxylation sites is 1. The Hall–Kier alpha value is -1.55. The first-order chi connectivity index (χ1) is 10.1. The molecule has 0 aliphatic heterocycles. The molecule has 116 valence electrons. The zero-order chi connectivity index (χ0) is 15.2. The maximum atomic E-state index is 12.2. The van der Waals surface area contributed by atoms with Gasteiger partial charge in [-0.1, -0.05) is 18.2 Å². The van der Waals surface area contributed by atoms with Crippen molar-refractivity contribution in [1.82, 2.24) is 4.90 Å². The molecular formula is C17H26N2O2. The van der Waals surface area contributed by atoms with Gasteiger partial charge in [0.2, 0.25) is 5.91 Å². The molecule has 1 saturated carbocycles. The second-order valence-corrected chi connectivity index (χ2v) is 6.00. The predicted molar refractivity (Wildman–Crippen MR) is 84.2 cm³/mol. The van der Waals surface area contributed by atoms with Crippen molar-refractivity contribution < 1.29 is 9.53 Å². The molecule has 1 aromatic carbocycles. The van der Waals surface area contributed by atoms with Crippen LogP contribution < -0.4 is 10.5 Å². The van der Waals surface area contributed by atoms with Crippen molar-refractivity contribution in [3.63, 3.8) is 0 Å². The number of hydrogen-bond acceptors (Lipinski definition) is 3. The minimum atomic E-state index is 0.127. The Morgan fingerprint density at radius 2 is 2.14 bits per heavy atom. The van der Waals surface area contributed by atoms with E-state index in [4.69, 9.17) is 10.5 Å². The van der Waals surface area contributed by atoms with Gasteiger partial charge in [-0.2, -0.15) is 0 Å². The molecule has 0 spiro atoms. The fourth-order valence-electron chi connectivity index (χ4n) is 2.86. The van der Waals surface area contributed by atoms with Gasteiger partial charge in [0.1, 0.15) is 5.75 Å². The topological polar surface area (TPSA) is 55.6 Å². The molecule has 2 unspecified atom stereocenters. The standard InChI is InChI=1S/C17H26N2O2/c1-13-6-3-4-7-16(13)21-11-5-10-19(2)17(20)14-8-9-15(18)12-14/h3-4,6-7,14-15H,5,8-12,18H2,1-2H3. The Labute approximate surface area is 127 Å². The van der Waals surface area contributed by atoms with Crippen LogP contribution in [0.3, 0.4) is 0 Å². The number of amides is 1. The zero-order valence-electron chi connectivity index (χ0n) is 13.0. The van der Waals surface area contributed by atoms with Gasteiger partial charge in [0.15, 0.2) is 0 Å². The highest BCUT2D eigenvalue weighted by Crippen LogP contribution is 2.25. The van der Waals surface area contributed by atoms with Crippen molar-refractivity contribution in [2.75, 3.05) is 20.2 Å². The molecule has 1 aliphatic rings. The van der Waals surface area contributed by atoms with Gasteiger partial charge in [-0.25, -0.2) is 0 Å². The summed E-state index contributed by atoms with van der Waals surface area (Å²) in [5.41, 5.74) is 7.01. The molecule has 2 N–H and O–H groups in total. The van der Waals surface area contributed by atoms with Crippen LogP contribution in [0.25, 0.3) is 0 Å². The average molecular weight is 290 g/mol. The summed E-state index contributed by atoms with van der Waals surface area (Å²) in [6.07, 6.45) is 3.59. The SMILES string of the molecule is Cc1ccccc1OCCCN(C)C(=O)C1CCC(N)C1. The lowest BCUT2D eigenvalue weighted by molar-refractivity contribution is -0.134. The fourth-order valence-corrected chi connectivity index (χ4v) is 2.86. The maximum absolute atomic E-state index is 12.2. The third-order valence-electron chi connectivity index (χ3n) is 4.19. The van der Waals surface area contributed by atoms with Crippen molar-refractivity contribution in [3.05, 3.63) is 29.8 Å². The summed E-state index contributed by atoms with van der Waals surface area (Å²) in [5.74, 6) is 1.29. The smallest absolute Gasteiger partial charge is 0.225 e. The van der Waals surface area contributed by atoms with Crippen LogP contribution in [0.4, 0.5) is 0 Å². The molecule has 1 aromatic rings. The van der Waals surface area contributed by atoms with E-state index in [1.54, 1.807) is 0 Å². The van der Waals surface area contributed by atoms with Crippen LogP contribution >= 0.6 is 0 Å². The van der Waals surface area contributed by atoms with Crippen LogP contribution in [0.1, 0.15) is 31.2 Å². The molecule has 0 aromatic heterocycles. The van der Waals surface area contributed by atoms with Gasteiger partial charge in [0, 0.05) is 25.6 Å². The molecule has 0 bridgehead atoms. The molecule has 4 heteroatoms. The molecule has 4 nitrogen and oxygen atoms in total. The second kappa shape index (κ2) is 7.46. The summed E-state index contributed by atoms with van der Waals surface area (Å²) < 4.78 is 5.75. The van der Waals surface area contributed by atoms with Crippen molar-refractivity contribution >= 4 is 5.91 Å². The summed E-state index contributed by atoms with van der Waals surface area (Å²) in [7, 11) is 1.87. The van der Waals surface area contributed by atoms with Gasteiger partial charge in [-0.3, -0.25) is 4.79 Å². The van der Waals surface area contributed by atoms with E-state index in [1.807, 2.05) is 43.1 Å². The molecule has 1 aliphatic carbocycles. The normalized spacial score (nSPS) is 21.3. The summed E-state index contributed by atoms with van der Waals surface area (Å²) >= 11 is 0. The quantitative estimate of drug-likeness (QED) is 0.818.